The van der Waals surface area contributed by atoms with Crippen molar-refractivity contribution < 1.29 is 19.1 Å². The van der Waals surface area contributed by atoms with Crippen molar-refractivity contribution in [2.24, 2.45) is 0 Å². The van der Waals surface area contributed by atoms with Crippen LogP contribution in [0.25, 0.3) is 17.2 Å². The predicted molar refractivity (Wildman–Crippen MR) is 136 cm³/mol. The molecule has 6 heteroatoms. The first-order valence-corrected chi connectivity index (χ1v) is 11.1. The number of nitrogens with zero attached hydrogens (tertiary/aromatic N) is 1. The third kappa shape index (κ3) is 6.48. The second-order valence-electron chi connectivity index (χ2n) is 8.04. The molecule has 0 bridgehead atoms. The summed E-state index contributed by atoms with van der Waals surface area (Å²) in [5.41, 5.74) is 4.54. The lowest BCUT2D eigenvalue weighted by atomic mass is 10.0. The van der Waals surface area contributed by atoms with Gasteiger partial charge >= 0.3 is 12.0 Å². The van der Waals surface area contributed by atoms with Crippen molar-refractivity contribution >= 4 is 23.8 Å². The first-order chi connectivity index (χ1) is 16.4. The zero-order valence-corrected chi connectivity index (χ0v) is 19.9. The highest BCUT2D eigenvalue weighted by Crippen LogP contribution is 2.30. The Morgan fingerprint density at radius 3 is 2.38 bits per heavy atom. The number of hydrogen-bond acceptors (Lipinski definition) is 4. The number of esters is 1. The van der Waals surface area contributed by atoms with Crippen LogP contribution in [0.5, 0.6) is 5.75 Å². The molecule has 176 valence electrons. The maximum atomic E-state index is 13.1. The standard InChI is InChI=1S/C28H30N2O4/c1-20(2)29-28(32)30(24-9-7-8-21(18-24)14-17-27(31)34-4)19-22-12-15-23(16-13-22)25-10-5-6-11-26(25)33-3/h5-18,20H,19H2,1-4H3,(H,29,32)/b17-14+. The summed E-state index contributed by atoms with van der Waals surface area (Å²) in [5, 5.41) is 2.97. The normalized spacial score (nSPS) is 10.9. The Bertz CT molecular complexity index is 1150. The molecule has 0 saturated heterocycles. The van der Waals surface area contributed by atoms with Crippen molar-refractivity contribution in [3.05, 3.63) is 90.0 Å². The summed E-state index contributed by atoms with van der Waals surface area (Å²) in [7, 11) is 2.99. The van der Waals surface area contributed by atoms with Gasteiger partial charge in [0.15, 0.2) is 0 Å². The smallest absolute Gasteiger partial charge is 0.330 e. The number of rotatable bonds is 8. The molecule has 0 aliphatic carbocycles. The van der Waals surface area contributed by atoms with Gasteiger partial charge in [-0.2, -0.15) is 0 Å². The molecule has 0 aliphatic heterocycles. The lowest BCUT2D eigenvalue weighted by molar-refractivity contribution is -0.134. The first-order valence-electron chi connectivity index (χ1n) is 11.1. The molecule has 6 nitrogen and oxygen atoms in total. The van der Waals surface area contributed by atoms with E-state index in [9.17, 15) is 9.59 Å². The number of ether oxygens (including phenoxy) is 2. The van der Waals surface area contributed by atoms with Crippen LogP contribution < -0.4 is 15.0 Å². The Balaban J connectivity index is 1.88. The van der Waals surface area contributed by atoms with E-state index in [-0.39, 0.29) is 12.1 Å². The fourth-order valence-electron chi connectivity index (χ4n) is 3.49. The molecule has 0 aliphatic rings. The lowest BCUT2D eigenvalue weighted by Gasteiger charge is -2.25. The molecule has 1 N–H and O–H groups in total. The molecule has 3 rings (SSSR count). The number of urea groups is 1. The Labute approximate surface area is 200 Å². The van der Waals surface area contributed by atoms with Crippen LogP contribution in [0.3, 0.4) is 0 Å². The Hall–Kier alpha value is -4.06. The van der Waals surface area contributed by atoms with Crippen LogP contribution in [0.15, 0.2) is 78.9 Å². The fraction of sp³-hybridized carbons (Fsp3) is 0.214. The summed E-state index contributed by atoms with van der Waals surface area (Å²) in [4.78, 5) is 26.2. The highest BCUT2D eigenvalue weighted by atomic mass is 16.5. The van der Waals surface area contributed by atoms with Crippen LogP contribution >= 0.6 is 0 Å². The number of methoxy groups -OCH3 is 2. The molecule has 0 spiro atoms. The van der Waals surface area contributed by atoms with Crippen molar-refractivity contribution in [3.8, 4) is 16.9 Å². The van der Waals surface area contributed by atoms with E-state index < -0.39 is 5.97 Å². The van der Waals surface area contributed by atoms with E-state index >= 15 is 0 Å². The first kappa shape index (κ1) is 24.6. The van der Waals surface area contributed by atoms with Gasteiger partial charge in [0.25, 0.3) is 0 Å². The molecule has 0 heterocycles. The number of carbonyl (C=O) groups is 2. The second-order valence-corrected chi connectivity index (χ2v) is 8.04. The zero-order valence-electron chi connectivity index (χ0n) is 19.9. The SMILES string of the molecule is COC(=O)/C=C/c1cccc(N(Cc2ccc(-c3ccccc3OC)cc2)C(=O)NC(C)C)c1. The van der Waals surface area contributed by atoms with E-state index in [0.29, 0.717) is 6.54 Å². The minimum absolute atomic E-state index is 0.00896. The predicted octanol–water partition coefficient (Wildman–Crippen LogP) is 5.67. The van der Waals surface area contributed by atoms with Gasteiger partial charge in [0.05, 0.1) is 20.8 Å². The third-order valence-electron chi connectivity index (χ3n) is 5.16. The summed E-state index contributed by atoms with van der Waals surface area (Å²) in [6.07, 6.45) is 3.02. The minimum atomic E-state index is -0.435. The fourth-order valence-corrected chi connectivity index (χ4v) is 3.49. The maximum absolute atomic E-state index is 13.1. The number of para-hydroxylation sites is 1. The number of hydrogen-bond donors (Lipinski definition) is 1. The van der Waals surface area contributed by atoms with Gasteiger partial charge < -0.3 is 14.8 Å². The summed E-state index contributed by atoms with van der Waals surface area (Å²) in [6.45, 7) is 4.23. The third-order valence-corrected chi connectivity index (χ3v) is 5.16. The van der Waals surface area contributed by atoms with E-state index in [1.165, 1.54) is 13.2 Å². The van der Waals surface area contributed by atoms with Gasteiger partial charge in [0, 0.05) is 23.4 Å². The van der Waals surface area contributed by atoms with Crippen LogP contribution in [-0.2, 0) is 16.1 Å². The van der Waals surface area contributed by atoms with Gasteiger partial charge in [-0.3, -0.25) is 4.90 Å². The highest BCUT2D eigenvalue weighted by Gasteiger charge is 2.17. The minimum Gasteiger partial charge on any atom is -0.496 e. The van der Waals surface area contributed by atoms with Gasteiger partial charge in [0.2, 0.25) is 0 Å². The van der Waals surface area contributed by atoms with Crippen molar-refractivity contribution in [2.75, 3.05) is 19.1 Å². The van der Waals surface area contributed by atoms with Gasteiger partial charge in [0.1, 0.15) is 5.75 Å². The summed E-state index contributed by atoms with van der Waals surface area (Å²) in [6, 6.07) is 23.2. The van der Waals surface area contributed by atoms with E-state index in [4.69, 9.17) is 4.74 Å². The lowest BCUT2D eigenvalue weighted by Crippen LogP contribution is -2.42. The average Bonchev–Trinajstić information content (AvgIpc) is 2.85. The number of nitrogens with one attached hydrogen (secondary N) is 1. The van der Waals surface area contributed by atoms with E-state index in [0.717, 1.165) is 33.7 Å². The second kappa shape index (κ2) is 11.7. The summed E-state index contributed by atoms with van der Waals surface area (Å²) >= 11 is 0. The number of anilines is 1. The van der Waals surface area contributed by atoms with Gasteiger partial charge in [-0.1, -0.05) is 54.6 Å². The molecule has 3 aromatic rings. The van der Waals surface area contributed by atoms with Crippen LogP contribution in [0.2, 0.25) is 0 Å². The molecular formula is C28H30N2O4. The van der Waals surface area contributed by atoms with Gasteiger partial charge in [-0.25, -0.2) is 9.59 Å². The van der Waals surface area contributed by atoms with E-state index in [2.05, 4.69) is 10.1 Å². The largest absolute Gasteiger partial charge is 0.496 e. The quantitative estimate of drug-likeness (QED) is 0.349. The maximum Gasteiger partial charge on any atom is 0.330 e. The molecule has 34 heavy (non-hydrogen) atoms. The molecule has 3 aromatic carbocycles. The Kier molecular flexibility index (Phi) is 8.46. The van der Waals surface area contributed by atoms with Crippen molar-refractivity contribution in [3.63, 3.8) is 0 Å². The van der Waals surface area contributed by atoms with Gasteiger partial charge in [-0.05, 0) is 54.8 Å². The Morgan fingerprint density at radius 2 is 1.71 bits per heavy atom. The number of benzene rings is 3. The van der Waals surface area contributed by atoms with Crippen molar-refractivity contribution in [1.29, 1.82) is 0 Å². The molecule has 0 saturated carbocycles. The van der Waals surface area contributed by atoms with E-state index in [1.54, 1.807) is 18.1 Å². The molecule has 0 atom stereocenters. The monoisotopic (exact) mass is 458 g/mol. The van der Waals surface area contributed by atoms with E-state index in [1.807, 2.05) is 86.6 Å². The Morgan fingerprint density at radius 1 is 0.971 bits per heavy atom. The molecule has 0 fully saturated rings. The van der Waals surface area contributed by atoms with Crippen LogP contribution in [-0.4, -0.2) is 32.3 Å². The number of amides is 2. The average molecular weight is 459 g/mol. The van der Waals surface area contributed by atoms with Gasteiger partial charge in [-0.15, -0.1) is 0 Å². The molecule has 2 amide bonds. The zero-order chi connectivity index (χ0) is 24.5. The molecule has 0 aromatic heterocycles. The molecule has 0 unspecified atom stereocenters. The van der Waals surface area contributed by atoms with Crippen LogP contribution in [0, 0.1) is 0 Å². The highest BCUT2D eigenvalue weighted by molar-refractivity contribution is 5.93. The van der Waals surface area contributed by atoms with Crippen molar-refractivity contribution in [1.82, 2.24) is 5.32 Å². The van der Waals surface area contributed by atoms with Crippen molar-refractivity contribution in [2.45, 2.75) is 26.4 Å². The summed E-state index contributed by atoms with van der Waals surface area (Å²) in [5.74, 6) is 0.375. The van der Waals surface area contributed by atoms with Crippen LogP contribution in [0.1, 0.15) is 25.0 Å². The molecule has 0 radical (unpaired) electrons. The van der Waals surface area contributed by atoms with Crippen LogP contribution in [0.4, 0.5) is 10.5 Å². The topological polar surface area (TPSA) is 67.9 Å². The summed E-state index contributed by atoms with van der Waals surface area (Å²) < 4.78 is 10.1. The molecular weight excluding hydrogens is 428 g/mol. The number of carbonyl (C=O) groups excluding carboxylic acids is 2.